The summed E-state index contributed by atoms with van der Waals surface area (Å²) < 4.78 is 19.1. The second kappa shape index (κ2) is 9.26. The molecule has 4 aromatic rings. The van der Waals surface area contributed by atoms with E-state index in [0.29, 0.717) is 5.75 Å². The van der Waals surface area contributed by atoms with Crippen molar-refractivity contribution in [3.63, 3.8) is 0 Å². The number of aromatic hydroxyl groups is 1. The van der Waals surface area contributed by atoms with E-state index in [9.17, 15) is 5.11 Å². The summed E-state index contributed by atoms with van der Waals surface area (Å²) in [4.78, 5) is 4.84. The molecule has 0 atom stereocenters. The first kappa shape index (κ1) is 23.4. The summed E-state index contributed by atoms with van der Waals surface area (Å²) in [5.41, 5.74) is 5.83. The predicted octanol–water partition coefficient (Wildman–Crippen LogP) is 4.77. The predicted molar refractivity (Wildman–Crippen MR) is 147 cm³/mol. The first-order valence-electron chi connectivity index (χ1n) is 13.0. The highest BCUT2D eigenvalue weighted by Gasteiger charge is 2.29. The van der Waals surface area contributed by atoms with Crippen molar-refractivity contribution in [2.45, 2.75) is 19.5 Å². The maximum Gasteiger partial charge on any atom is 0.231 e. The van der Waals surface area contributed by atoms with Gasteiger partial charge in [-0.05, 0) is 47.5 Å². The van der Waals surface area contributed by atoms with Crippen LogP contribution in [0.15, 0.2) is 54.7 Å². The lowest BCUT2D eigenvalue weighted by atomic mass is 9.94. The average molecular weight is 531 g/mol. The number of piperazine rings is 1. The molecule has 38 heavy (non-hydrogen) atoms. The molecule has 7 nitrogen and oxygen atoms in total. The van der Waals surface area contributed by atoms with E-state index in [0.717, 1.165) is 95.5 Å². The van der Waals surface area contributed by atoms with E-state index >= 15 is 0 Å². The number of anilines is 1. The molecule has 0 bridgehead atoms. The molecule has 0 unspecified atom stereocenters. The highest BCUT2D eigenvalue weighted by atomic mass is 35.5. The van der Waals surface area contributed by atoms with Crippen LogP contribution in [0, 0.1) is 0 Å². The van der Waals surface area contributed by atoms with Crippen LogP contribution in [-0.4, -0.2) is 50.1 Å². The van der Waals surface area contributed by atoms with Crippen molar-refractivity contribution in [2.24, 2.45) is 0 Å². The molecule has 3 aromatic carbocycles. The van der Waals surface area contributed by atoms with Crippen LogP contribution in [0.25, 0.3) is 22.0 Å². The summed E-state index contributed by atoms with van der Waals surface area (Å²) in [5, 5.41) is 13.7. The minimum absolute atomic E-state index is 0.184. The summed E-state index contributed by atoms with van der Waals surface area (Å²) in [6, 6.07) is 16.5. The lowest BCUT2D eigenvalue weighted by Gasteiger charge is -2.36. The van der Waals surface area contributed by atoms with Crippen LogP contribution >= 0.6 is 11.6 Å². The van der Waals surface area contributed by atoms with Gasteiger partial charge in [0, 0.05) is 61.3 Å². The lowest BCUT2D eigenvalue weighted by molar-refractivity contribution is -0.686. The largest absolute Gasteiger partial charge is 0.504 e. The van der Waals surface area contributed by atoms with Crippen molar-refractivity contribution in [3.05, 3.63) is 70.9 Å². The number of phenols is 1. The number of methoxy groups -OCH3 is 1. The van der Waals surface area contributed by atoms with Crippen molar-refractivity contribution in [1.29, 1.82) is 0 Å². The molecule has 8 heteroatoms. The minimum atomic E-state index is 0.184. The zero-order valence-corrected chi connectivity index (χ0v) is 22.0. The summed E-state index contributed by atoms with van der Waals surface area (Å²) in [5.74, 6) is 2.29. The minimum Gasteiger partial charge on any atom is -0.504 e. The molecule has 1 aromatic heterocycles. The Morgan fingerprint density at radius 2 is 1.82 bits per heavy atom. The molecule has 1 saturated heterocycles. The van der Waals surface area contributed by atoms with Gasteiger partial charge in [-0.25, -0.2) is 0 Å². The third kappa shape index (κ3) is 3.97. The summed E-state index contributed by atoms with van der Waals surface area (Å²) in [7, 11) is 1.61. The van der Waals surface area contributed by atoms with Crippen LogP contribution in [0.3, 0.4) is 0 Å². The number of nitrogens with zero attached hydrogens (tertiary/aromatic N) is 3. The van der Waals surface area contributed by atoms with E-state index in [2.05, 4.69) is 44.8 Å². The fraction of sp³-hybridized carbons (Fsp3) is 0.300. The number of phenolic OH excluding ortho intramolecular Hbond substituents is 1. The maximum absolute atomic E-state index is 11.1. The van der Waals surface area contributed by atoms with Crippen molar-refractivity contribution in [3.8, 4) is 34.3 Å². The molecule has 194 valence electrons. The Morgan fingerprint density at radius 1 is 1.00 bits per heavy atom. The van der Waals surface area contributed by atoms with E-state index in [4.69, 9.17) is 25.8 Å². The van der Waals surface area contributed by atoms with Crippen LogP contribution in [0.1, 0.15) is 11.1 Å². The Kier molecular flexibility index (Phi) is 5.71. The smallest absolute Gasteiger partial charge is 0.231 e. The van der Waals surface area contributed by atoms with Gasteiger partial charge in [0.05, 0.1) is 18.1 Å². The number of hydrogen-bond acceptors (Lipinski definition) is 6. The molecule has 0 aliphatic carbocycles. The van der Waals surface area contributed by atoms with Gasteiger partial charge in [0.1, 0.15) is 0 Å². The van der Waals surface area contributed by atoms with Crippen molar-refractivity contribution < 1.29 is 23.9 Å². The van der Waals surface area contributed by atoms with Gasteiger partial charge in [0.2, 0.25) is 12.5 Å². The molecule has 7 rings (SSSR count). The topological polar surface area (TPSA) is 58.3 Å². The lowest BCUT2D eigenvalue weighted by Crippen LogP contribution is -2.46. The summed E-state index contributed by atoms with van der Waals surface area (Å²) in [6.07, 6.45) is 2.96. The Bertz CT molecular complexity index is 1570. The van der Waals surface area contributed by atoms with Gasteiger partial charge in [0.15, 0.2) is 35.7 Å². The van der Waals surface area contributed by atoms with Gasteiger partial charge < -0.3 is 24.2 Å². The Morgan fingerprint density at radius 3 is 2.61 bits per heavy atom. The van der Waals surface area contributed by atoms with Gasteiger partial charge >= 0.3 is 0 Å². The molecule has 0 amide bonds. The number of rotatable bonds is 4. The van der Waals surface area contributed by atoms with Gasteiger partial charge in [-0.3, -0.25) is 4.90 Å². The number of aryl methyl sites for hydroxylation is 2. The van der Waals surface area contributed by atoms with E-state index in [-0.39, 0.29) is 12.5 Å². The highest BCUT2D eigenvalue weighted by Crippen LogP contribution is 2.42. The molecule has 1 fully saturated rings. The van der Waals surface area contributed by atoms with Gasteiger partial charge in [-0.2, -0.15) is 4.57 Å². The fourth-order valence-electron chi connectivity index (χ4n) is 5.94. The van der Waals surface area contributed by atoms with E-state index in [1.54, 1.807) is 7.11 Å². The Balaban J connectivity index is 1.24. The SMILES string of the molecule is COc1cc(CN2CCN(c3cccc(Cl)c3)CC2)c2cc3[n+](cc2c1O)CCc1cc2c(cc1-3)OCO2. The molecule has 1 N–H and O–H groups in total. The Labute approximate surface area is 226 Å². The third-order valence-electron chi connectivity index (χ3n) is 7.96. The van der Waals surface area contributed by atoms with Gasteiger partial charge in [-0.15, -0.1) is 0 Å². The number of halogens is 1. The zero-order valence-electron chi connectivity index (χ0n) is 21.2. The first-order chi connectivity index (χ1) is 18.6. The number of pyridine rings is 1. The third-order valence-corrected chi connectivity index (χ3v) is 8.20. The standard InChI is InChI=1S/C30H28ClN3O4/c1-36-29-12-20(16-32-7-9-33(10-8-32)22-4-2-3-21(31)13-22)23-14-26-24-15-28-27(37-18-38-28)11-19(24)5-6-34(26)17-25(23)30(29)35/h2-4,11-15,17H,5-10,16,18H2,1H3/p+1. The number of ether oxygens (including phenoxy) is 3. The van der Waals surface area contributed by atoms with Crippen LogP contribution in [-0.2, 0) is 19.5 Å². The quantitative estimate of drug-likeness (QED) is 0.384. The Hall–Kier alpha value is -3.68. The molecule has 3 aliphatic heterocycles. The number of benzene rings is 3. The van der Waals surface area contributed by atoms with Crippen LogP contribution in [0.2, 0.25) is 5.02 Å². The van der Waals surface area contributed by atoms with Crippen molar-refractivity contribution in [2.75, 3.05) is 45.0 Å². The van der Waals surface area contributed by atoms with Crippen LogP contribution in [0.4, 0.5) is 5.69 Å². The highest BCUT2D eigenvalue weighted by molar-refractivity contribution is 6.30. The monoisotopic (exact) mass is 530 g/mol. The van der Waals surface area contributed by atoms with Crippen molar-refractivity contribution >= 4 is 28.1 Å². The first-order valence-corrected chi connectivity index (χ1v) is 13.4. The normalized spacial score (nSPS) is 16.4. The summed E-state index contributed by atoms with van der Waals surface area (Å²) >= 11 is 6.22. The van der Waals surface area contributed by atoms with E-state index in [1.165, 1.54) is 5.56 Å². The van der Waals surface area contributed by atoms with E-state index in [1.807, 2.05) is 24.3 Å². The molecular formula is C30H29ClN3O4+. The van der Waals surface area contributed by atoms with Gasteiger partial charge in [-0.1, -0.05) is 17.7 Å². The maximum atomic E-state index is 11.1. The molecule has 0 spiro atoms. The number of hydrogen-bond donors (Lipinski definition) is 1. The van der Waals surface area contributed by atoms with E-state index < -0.39 is 0 Å². The second-order valence-electron chi connectivity index (χ2n) is 10.1. The molecule has 3 aliphatic rings. The fourth-order valence-corrected chi connectivity index (χ4v) is 6.12. The molecule has 4 heterocycles. The zero-order chi connectivity index (χ0) is 25.8. The number of fused-ring (bicyclic) bond motifs is 5. The second-order valence-corrected chi connectivity index (χ2v) is 10.6. The van der Waals surface area contributed by atoms with Crippen LogP contribution < -0.4 is 23.7 Å². The van der Waals surface area contributed by atoms with Crippen molar-refractivity contribution in [1.82, 2.24) is 4.90 Å². The van der Waals surface area contributed by atoms with Crippen LogP contribution in [0.5, 0.6) is 23.0 Å². The molecule has 0 radical (unpaired) electrons. The molecule has 0 saturated carbocycles. The average Bonchev–Trinajstić information content (AvgIpc) is 3.40. The van der Waals surface area contributed by atoms with Gasteiger partial charge in [0.25, 0.3) is 0 Å². The number of aromatic nitrogens is 1. The summed E-state index contributed by atoms with van der Waals surface area (Å²) in [6.45, 7) is 5.59. The molecular weight excluding hydrogens is 502 g/mol.